The maximum absolute atomic E-state index is 12.7. The molecule has 0 bridgehead atoms. The number of hydrogen-bond donors (Lipinski definition) is 1. The number of ether oxygens (including phenoxy) is 2. The van der Waals surface area contributed by atoms with Crippen LogP contribution in [-0.2, 0) is 11.3 Å². The zero-order valence-electron chi connectivity index (χ0n) is 20.6. The molecule has 1 atom stereocenters. The Morgan fingerprint density at radius 3 is 2.50 bits per heavy atom. The van der Waals surface area contributed by atoms with Gasteiger partial charge in [-0.05, 0) is 40.0 Å². The maximum Gasteiger partial charge on any atom is 0.345 e. The van der Waals surface area contributed by atoms with Gasteiger partial charge in [0.1, 0.15) is 22.9 Å². The molecule has 0 saturated carbocycles. The van der Waals surface area contributed by atoms with Gasteiger partial charge in [-0.2, -0.15) is 8.78 Å². The van der Waals surface area contributed by atoms with Gasteiger partial charge in [-0.3, -0.25) is 4.98 Å². The van der Waals surface area contributed by atoms with Crippen LogP contribution in [0.5, 0.6) is 5.75 Å². The van der Waals surface area contributed by atoms with Crippen molar-refractivity contribution in [2.24, 2.45) is 0 Å². The van der Waals surface area contributed by atoms with E-state index < -0.39 is 6.61 Å². The summed E-state index contributed by atoms with van der Waals surface area (Å²) in [6.07, 6.45) is 1.69. The van der Waals surface area contributed by atoms with Crippen molar-refractivity contribution in [2.75, 3.05) is 20.8 Å². The fourth-order valence-corrected chi connectivity index (χ4v) is 4.13. The minimum Gasteiger partial charge on any atom is -0.496 e. The third-order valence-corrected chi connectivity index (χ3v) is 5.45. The van der Waals surface area contributed by atoms with Crippen molar-refractivity contribution in [3.63, 3.8) is 0 Å². The van der Waals surface area contributed by atoms with Crippen LogP contribution in [0.25, 0.3) is 33.1 Å². The zero-order valence-corrected chi connectivity index (χ0v) is 20.6. The van der Waals surface area contributed by atoms with E-state index in [1.165, 1.54) is 0 Å². The Hall–Kier alpha value is -3.11. The lowest BCUT2D eigenvalue weighted by atomic mass is 10.0. The van der Waals surface area contributed by atoms with E-state index in [0.29, 0.717) is 34.9 Å². The molecule has 0 fully saturated rings. The average molecular weight is 476 g/mol. The molecule has 0 saturated heterocycles. The van der Waals surface area contributed by atoms with E-state index in [0.717, 1.165) is 27.7 Å². The second kappa shape index (κ2) is 10.9. The van der Waals surface area contributed by atoms with E-state index in [1.807, 2.05) is 51.3 Å². The molecule has 1 unspecified atom stereocenters. The number of hydrogen-bond acceptors (Lipinski definition) is 7. The highest BCUT2D eigenvalue weighted by Gasteiger charge is 2.22. The van der Waals surface area contributed by atoms with Crippen LogP contribution in [0.15, 0.2) is 22.9 Å². The van der Waals surface area contributed by atoms with Gasteiger partial charge in [0.25, 0.3) is 0 Å². The van der Waals surface area contributed by atoms with Crippen LogP contribution in [0.1, 0.15) is 44.1 Å². The highest BCUT2D eigenvalue weighted by Crippen LogP contribution is 2.39. The topological polar surface area (TPSA) is 87.2 Å². The fourth-order valence-electron chi connectivity index (χ4n) is 4.13. The van der Waals surface area contributed by atoms with Gasteiger partial charge in [0.05, 0.1) is 54.8 Å². The summed E-state index contributed by atoms with van der Waals surface area (Å²) in [6, 6.07) is 3.44. The number of methoxy groups -OCH3 is 1. The number of benzene rings is 1. The van der Waals surface area contributed by atoms with Crippen molar-refractivity contribution in [1.29, 1.82) is 0 Å². The molecule has 3 heterocycles. The Morgan fingerprint density at radius 1 is 1.18 bits per heavy atom. The number of aromatic nitrogens is 4. The second-order valence-corrected chi connectivity index (χ2v) is 7.63. The molecule has 1 aromatic carbocycles. The molecule has 4 aromatic rings. The van der Waals surface area contributed by atoms with E-state index in [2.05, 4.69) is 25.2 Å². The zero-order chi connectivity index (χ0) is 25.0. The Kier molecular flexibility index (Phi) is 8.16. The molecule has 0 aliphatic rings. The summed E-state index contributed by atoms with van der Waals surface area (Å²) in [4.78, 5) is 9.29. The third kappa shape index (κ3) is 4.74. The number of aryl methyl sites for hydroxylation is 2. The van der Waals surface area contributed by atoms with Crippen molar-refractivity contribution in [3.05, 3.63) is 35.6 Å². The molecule has 1 N–H and O–H groups in total. The number of rotatable bonds is 8. The van der Waals surface area contributed by atoms with Crippen LogP contribution in [0.2, 0.25) is 0 Å². The van der Waals surface area contributed by atoms with Crippen molar-refractivity contribution < 1.29 is 22.8 Å². The van der Waals surface area contributed by atoms with Crippen molar-refractivity contribution in [3.8, 4) is 16.9 Å². The number of pyridine rings is 1. The molecule has 4 rings (SSSR count). The number of fused-ring (bicyclic) bond motifs is 3. The Morgan fingerprint density at radius 2 is 1.91 bits per heavy atom. The van der Waals surface area contributed by atoms with E-state index in [-0.39, 0.29) is 12.6 Å². The van der Waals surface area contributed by atoms with E-state index in [1.54, 1.807) is 20.4 Å². The molecule has 184 valence electrons. The predicted octanol–water partition coefficient (Wildman–Crippen LogP) is 5.41. The van der Waals surface area contributed by atoms with Crippen LogP contribution >= 0.6 is 0 Å². The van der Waals surface area contributed by atoms with Crippen LogP contribution in [0.4, 0.5) is 8.78 Å². The van der Waals surface area contributed by atoms with E-state index in [9.17, 15) is 8.78 Å². The molecule has 0 aliphatic carbocycles. The van der Waals surface area contributed by atoms with Gasteiger partial charge in [-0.25, -0.2) is 4.98 Å². The number of alkyl halides is 2. The number of nitrogens with zero attached hydrogens (tertiary/aromatic N) is 4. The number of halogens is 2. The lowest BCUT2D eigenvalue weighted by molar-refractivity contribution is -0.135. The third-order valence-electron chi connectivity index (χ3n) is 5.45. The molecule has 0 aliphatic heterocycles. The molecule has 34 heavy (non-hydrogen) atoms. The molecule has 10 heteroatoms. The van der Waals surface area contributed by atoms with E-state index >= 15 is 0 Å². The molecule has 0 radical (unpaired) electrons. The normalized spacial score (nSPS) is 12.3. The van der Waals surface area contributed by atoms with Gasteiger partial charge in [-0.1, -0.05) is 19.0 Å². The SMILES string of the molecule is CC.CNCc1nc2cnc3cc(-c4c(C)noc4C)c(OC)cc3c2n1C(C)COC(F)F. The van der Waals surface area contributed by atoms with Crippen molar-refractivity contribution >= 4 is 21.9 Å². The summed E-state index contributed by atoms with van der Waals surface area (Å²) < 4.78 is 43.0. The molecule has 0 spiro atoms. The number of nitrogens with one attached hydrogen (secondary N) is 1. The first kappa shape index (κ1) is 25.5. The summed E-state index contributed by atoms with van der Waals surface area (Å²) in [7, 11) is 3.40. The molecule has 8 nitrogen and oxygen atoms in total. The summed E-state index contributed by atoms with van der Waals surface area (Å²) >= 11 is 0. The van der Waals surface area contributed by atoms with E-state index in [4.69, 9.17) is 9.26 Å². The molecular formula is C24H31F2N5O3. The lowest BCUT2D eigenvalue weighted by Gasteiger charge is -2.19. The van der Waals surface area contributed by atoms with Gasteiger partial charge in [0.2, 0.25) is 0 Å². The Bertz CT molecular complexity index is 1250. The first-order chi connectivity index (χ1) is 16.3. The summed E-state index contributed by atoms with van der Waals surface area (Å²) in [5.41, 5.74) is 4.59. The lowest BCUT2D eigenvalue weighted by Crippen LogP contribution is -2.19. The predicted molar refractivity (Wildman–Crippen MR) is 127 cm³/mol. The number of imidazole rings is 1. The summed E-state index contributed by atoms with van der Waals surface area (Å²) in [5, 5.41) is 7.93. The monoisotopic (exact) mass is 475 g/mol. The second-order valence-electron chi connectivity index (χ2n) is 7.63. The summed E-state index contributed by atoms with van der Waals surface area (Å²) in [6.45, 7) is 7.01. The van der Waals surface area contributed by atoms with Crippen LogP contribution in [-0.4, -0.2) is 47.1 Å². The van der Waals surface area contributed by atoms with Crippen molar-refractivity contribution in [2.45, 2.75) is 53.8 Å². The molecule has 0 amide bonds. The quantitative estimate of drug-likeness (QED) is 0.365. The van der Waals surface area contributed by atoms with Crippen LogP contribution in [0, 0.1) is 13.8 Å². The minimum atomic E-state index is -2.84. The maximum atomic E-state index is 12.7. The smallest absolute Gasteiger partial charge is 0.345 e. The largest absolute Gasteiger partial charge is 0.496 e. The Balaban J connectivity index is 0.00000158. The van der Waals surface area contributed by atoms with Gasteiger partial charge in [0.15, 0.2) is 0 Å². The average Bonchev–Trinajstić information content (AvgIpc) is 3.37. The highest BCUT2D eigenvalue weighted by atomic mass is 19.3. The highest BCUT2D eigenvalue weighted by molar-refractivity contribution is 6.05. The van der Waals surface area contributed by atoms with Crippen LogP contribution in [0.3, 0.4) is 0 Å². The first-order valence-corrected chi connectivity index (χ1v) is 11.2. The van der Waals surface area contributed by atoms with Gasteiger partial charge < -0.3 is 23.9 Å². The van der Waals surface area contributed by atoms with Crippen LogP contribution < -0.4 is 10.1 Å². The molecular weight excluding hydrogens is 444 g/mol. The fraction of sp³-hybridized carbons (Fsp3) is 0.458. The van der Waals surface area contributed by atoms with Crippen molar-refractivity contribution in [1.82, 2.24) is 25.0 Å². The standard InChI is InChI=1S/C22H25F2N5O3.C2H6/c1-11(10-31-22(23)24)29-19(9-25-4)27-17-8-26-16-6-15(20-12(2)28-32-13(20)3)18(30-5)7-14(16)21(17)29;1-2/h6-8,11,22,25H,9-10H2,1-5H3;1-2H3. The van der Waals surface area contributed by atoms with Gasteiger partial charge in [0, 0.05) is 10.9 Å². The molecule has 3 aromatic heterocycles. The summed E-state index contributed by atoms with van der Waals surface area (Å²) in [5.74, 6) is 2.01. The minimum absolute atomic E-state index is 0.155. The van der Waals surface area contributed by atoms with Gasteiger partial charge >= 0.3 is 6.61 Å². The van der Waals surface area contributed by atoms with Gasteiger partial charge in [-0.15, -0.1) is 0 Å². The Labute approximate surface area is 197 Å². The first-order valence-electron chi connectivity index (χ1n) is 11.2.